The first kappa shape index (κ1) is 14.3. The molecule has 0 radical (unpaired) electrons. The van der Waals surface area contributed by atoms with Gasteiger partial charge in [0, 0.05) is 34.6 Å². The lowest BCUT2D eigenvalue weighted by molar-refractivity contribution is 0.449. The molecule has 1 atom stereocenters. The van der Waals surface area contributed by atoms with Crippen molar-refractivity contribution in [1.82, 2.24) is 15.1 Å². The largest absolute Gasteiger partial charge is 0.312 e. The summed E-state index contributed by atoms with van der Waals surface area (Å²) in [6.45, 7) is 6.66. The van der Waals surface area contributed by atoms with Crippen LogP contribution in [-0.4, -0.2) is 16.8 Å². The fourth-order valence-electron chi connectivity index (χ4n) is 2.47. The van der Waals surface area contributed by atoms with Gasteiger partial charge in [-0.05, 0) is 31.5 Å². The van der Waals surface area contributed by atoms with Crippen LogP contribution < -0.4 is 5.32 Å². The molecule has 1 N–H and O–H groups in total. The molecule has 0 aliphatic rings. The summed E-state index contributed by atoms with van der Waals surface area (Å²) in [5.41, 5.74) is 2.46. The van der Waals surface area contributed by atoms with E-state index in [4.69, 9.17) is 0 Å². The summed E-state index contributed by atoms with van der Waals surface area (Å²) >= 11 is 1.87. The first-order valence-corrected chi connectivity index (χ1v) is 7.68. The van der Waals surface area contributed by atoms with E-state index in [0.717, 1.165) is 6.42 Å². The number of hydrogen-bond donors (Lipinski definition) is 1. The lowest BCUT2D eigenvalue weighted by Crippen LogP contribution is -2.20. The summed E-state index contributed by atoms with van der Waals surface area (Å²) in [4.78, 5) is 2.72. The van der Waals surface area contributed by atoms with Crippen molar-refractivity contribution in [3.63, 3.8) is 0 Å². The Kier molecular flexibility index (Phi) is 4.42. The predicted octanol–water partition coefficient (Wildman–Crippen LogP) is 3.63. The van der Waals surface area contributed by atoms with Crippen molar-refractivity contribution < 1.29 is 0 Å². The molecule has 4 heteroatoms. The highest BCUT2D eigenvalue weighted by molar-refractivity contribution is 7.15. The summed E-state index contributed by atoms with van der Waals surface area (Å²) in [5.74, 6) is 0.594. The van der Waals surface area contributed by atoms with Crippen molar-refractivity contribution in [3.05, 3.63) is 28.9 Å². The van der Waals surface area contributed by atoms with Crippen molar-refractivity contribution >= 4 is 11.3 Å². The minimum Gasteiger partial charge on any atom is -0.312 e. The maximum Gasteiger partial charge on any atom is 0.0708 e. The zero-order valence-electron chi connectivity index (χ0n) is 12.4. The molecular formula is C15H23N3S. The molecule has 3 nitrogen and oxygen atoms in total. The number of thiophene rings is 1. The fourth-order valence-corrected chi connectivity index (χ4v) is 3.79. The van der Waals surface area contributed by atoms with Crippen LogP contribution in [0.3, 0.4) is 0 Å². The molecule has 2 rings (SSSR count). The van der Waals surface area contributed by atoms with Gasteiger partial charge in [-0.3, -0.25) is 4.68 Å². The molecule has 0 aliphatic carbocycles. The molecule has 2 aromatic heterocycles. The molecule has 2 heterocycles. The molecule has 0 saturated heterocycles. The molecule has 0 aliphatic heterocycles. The quantitative estimate of drug-likeness (QED) is 0.904. The number of aromatic nitrogens is 2. The number of nitrogens with zero attached hydrogens (tertiary/aromatic N) is 2. The Balaban J connectivity index is 2.35. The van der Waals surface area contributed by atoms with Crippen LogP contribution in [-0.2, 0) is 13.5 Å². The van der Waals surface area contributed by atoms with Crippen LogP contribution in [0.5, 0.6) is 0 Å². The summed E-state index contributed by atoms with van der Waals surface area (Å²) < 4.78 is 1.91. The van der Waals surface area contributed by atoms with Crippen molar-refractivity contribution in [2.24, 2.45) is 13.0 Å². The first-order valence-electron chi connectivity index (χ1n) is 6.86. The molecule has 0 bridgehead atoms. The lowest BCUT2D eigenvalue weighted by Gasteiger charge is -2.18. The highest BCUT2D eigenvalue weighted by Gasteiger charge is 2.17. The van der Waals surface area contributed by atoms with Gasteiger partial charge in [-0.15, -0.1) is 11.3 Å². The Morgan fingerprint density at radius 3 is 2.68 bits per heavy atom. The third-order valence-corrected chi connectivity index (χ3v) is 4.62. The van der Waals surface area contributed by atoms with Gasteiger partial charge in [0.2, 0.25) is 0 Å². The van der Waals surface area contributed by atoms with Crippen molar-refractivity contribution in [3.8, 4) is 10.4 Å². The van der Waals surface area contributed by atoms with Gasteiger partial charge in [0.15, 0.2) is 0 Å². The fraction of sp³-hybridized carbons (Fsp3) is 0.533. The molecule has 1 unspecified atom stereocenters. The molecule has 104 valence electrons. The van der Waals surface area contributed by atoms with E-state index >= 15 is 0 Å². The Morgan fingerprint density at radius 2 is 2.11 bits per heavy atom. The molecule has 0 amide bonds. The second-order valence-corrected chi connectivity index (χ2v) is 6.34. The smallest absolute Gasteiger partial charge is 0.0708 e. The Morgan fingerprint density at radius 1 is 1.37 bits per heavy atom. The summed E-state index contributed by atoms with van der Waals surface area (Å²) in [6, 6.07) is 4.90. The van der Waals surface area contributed by atoms with Crippen molar-refractivity contribution in [1.29, 1.82) is 0 Å². The zero-order chi connectivity index (χ0) is 14.0. The minimum absolute atomic E-state index is 0.431. The van der Waals surface area contributed by atoms with Crippen LogP contribution in [0.2, 0.25) is 0 Å². The molecule has 2 aromatic rings. The Hall–Kier alpha value is -1.13. The highest BCUT2D eigenvalue weighted by atomic mass is 32.1. The predicted molar refractivity (Wildman–Crippen MR) is 82.5 cm³/mol. The minimum atomic E-state index is 0.431. The summed E-state index contributed by atoms with van der Waals surface area (Å²) in [6.07, 6.45) is 3.10. The van der Waals surface area contributed by atoms with Gasteiger partial charge in [0.05, 0.1) is 5.69 Å². The molecule has 0 saturated carbocycles. The van der Waals surface area contributed by atoms with Crippen LogP contribution in [0.25, 0.3) is 10.4 Å². The number of nitrogens with one attached hydrogen (secondary N) is 1. The van der Waals surface area contributed by atoms with Gasteiger partial charge >= 0.3 is 0 Å². The van der Waals surface area contributed by atoms with Crippen molar-refractivity contribution in [2.75, 3.05) is 7.05 Å². The van der Waals surface area contributed by atoms with E-state index in [-0.39, 0.29) is 0 Å². The van der Waals surface area contributed by atoms with E-state index in [2.05, 4.69) is 49.5 Å². The SMILES string of the molecule is CCc1nn(C)cc1-c1ccc(C(NC)C(C)C)s1. The maximum absolute atomic E-state index is 4.52. The third kappa shape index (κ3) is 2.90. The van der Waals surface area contributed by atoms with E-state index in [1.54, 1.807) is 0 Å². The zero-order valence-corrected chi connectivity index (χ0v) is 13.2. The van der Waals surface area contributed by atoms with Crippen molar-refractivity contribution in [2.45, 2.75) is 33.2 Å². The molecular weight excluding hydrogens is 254 g/mol. The van der Waals surface area contributed by atoms with Gasteiger partial charge in [-0.2, -0.15) is 5.10 Å². The van der Waals surface area contributed by atoms with Crippen LogP contribution >= 0.6 is 11.3 Å². The van der Waals surface area contributed by atoms with E-state index in [0.29, 0.717) is 12.0 Å². The number of hydrogen-bond acceptors (Lipinski definition) is 3. The van der Waals surface area contributed by atoms with Crippen LogP contribution in [0, 0.1) is 5.92 Å². The average molecular weight is 277 g/mol. The molecule has 0 aromatic carbocycles. The van der Waals surface area contributed by atoms with Crippen LogP contribution in [0.1, 0.15) is 37.4 Å². The lowest BCUT2D eigenvalue weighted by atomic mass is 10.0. The second kappa shape index (κ2) is 5.88. The van der Waals surface area contributed by atoms with Crippen LogP contribution in [0.15, 0.2) is 18.3 Å². The molecule has 19 heavy (non-hydrogen) atoms. The van der Waals surface area contributed by atoms with Gasteiger partial charge in [0.25, 0.3) is 0 Å². The van der Waals surface area contributed by atoms with Gasteiger partial charge < -0.3 is 5.32 Å². The van der Waals surface area contributed by atoms with E-state index in [1.807, 2.05) is 30.1 Å². The topological polar surface area (TPSA) is 29.9 Å². The van der Waals surface area contributed by atoms with E-state index in [1.165, 1.54) is 21.0 Å². The number of aryl methyl sites for hydroxylation is 2. The molecule has 0 fully saturated rings. The maximum atomic E-state index is 4.52. The normalized spacial score (nSPS) is 13.2. The summed E-state index contributed by atoms with van der Waals surface area (Å²) in [5, 5.41) is 7.93. The van der Waals surface area contributed by atoms with Gasteiger partial charge in [-0.25, -0.2) is 0 Å². The molecule has 0 spiro atoms. The standard InChI is InChI=1S/C15H23N3S/c1-6-12-11(9-18(5)17-12)13-7-8-14(19-13)15(16-4)10(2)3/h7-10,15-16H,6H2,1-5H3. The van der Waals surface area contributed by atoms with Gasteiger partial charge in [0.1, 0.15) is 0 Å². The number of rotatable bonds is 5. The Bertz CT molecular complexity index is 539. The Labute approximate surface area is 119 Å². The van der Waals surface area contributed by atoms with E-state index < -0.39 is 0 Å². The summed E-state index contributed by atoms with van der Waals surface area (Å²) in [7, 11) is 4.02. The third-order valence-electron chi connectivity index (χ3n) is 3.42. The average Bonchev–Trinajstić information content (AvgIpc) is 2.96. The monoisotopic (exact) mass is 277 g/mol. The van der Waals surface area contributed by atoms with E-state index in [9.17, 15) is 0 Å². The van der Waals surface area contributed by atoms with Gasteiger partial charge in [-0.1, -0.05) is 20.8 Å². The highest BCUT2D eigenvalue weighted by Crippen LogP contribution is 2.35. The van der Waals surface area contributed by atoms with Crippen LogP contribution in [0.4, 0.5) is 0 Å². The second-order valence-electron chi connectivity index (χ2n) is 5.23. The first-order chi connectivity index (χ1) is 9.06.